The fraction of sp³-hybridized carbons (Fsp3) is 0.654. The van der Waals surface area contributed by atoms with E-state index in [4.69, 9.17) is 17.5 Å². The molecular formula is C26H35F3N4O2S. The number of unbranched alkanes of at least 4 members (excludes halogenated alkanes) is 6. The zero-order valence-corrected chi connectivity index (χ0v) is 21.8. The number of anilines is 1. The molecule has 1 atom stereocenters. The van der Waals surface area contributed by atoms with E-state index >= 15 is 0 Å². The summed E-state index contributed by atoms with van der Waals surface area (Å²) in [4.78, 5) is 18.4. The number of carbonyl (C=O) groups excluding carboxylic acids is 1. The van der Waals surface area contributed by atoms with Crippen molar-refractivity contribution >= 4 is 28.9 Å². The van der Waals surface area contributed by atoms with Crippen LogP contribution in [0.25, 0.3) is 0 Å². The quantitative estimate of drug-likeness (QED) is 0.321. The smallest absolute Gasteiger partial charge is 0.392 e. The first-order valence-corrected chi connectivity index (χ1v) is 13.1. The average Bonchev–Trinajstić information content (AvgIpc) is 3.30. The van der Waals surface area contributed by atoms with Crippen LogP contribution in [0.1, 0.15) is 76.3 Å². The lowest BCUT2D eigenvalue weighted by molar-refractivity contribution is -0.137. The lowest BCUT2D eigenvalue weighted by Gasteiger charge is -2.29. The molecule has 0 spiro atoms. The van der Waals surface area contributed by atoms with Crippen LogP contribution in [-0.4, -0.2) is 63.7 Å². The molecule has 6 nitrogen and oxygen atoms in total. The summed E-state index contributed by atoms with van der Waals surface area (Å²) in [7, 11) is 0. The highest BCUT2D eigenvalue weighted by molar-refractivity contribution is 7.80. The minimum absolute atomic E-state index is 0.0235. The average molecular weight is 525 g/mol. The van der Waals surface area contributed by atoms with Crippen molar-refractivity contribution < 1.29 is 23.1 Å². The maximum absolute atomic E-state index is 13.4. The third-order valence-electron chi connectivity index (χ3n) is 7.11. The Balaban J connectivity index is 1.48. The Labute approximate surface area is 216 Å². The van der Waals surface area contributed by atoms with Gasteiger partial charge in [-0.3, -0.25) is 9.69 Å². The molecule has 198 valence electrons. The van der Waals surface area contributed by atoms with Gasteiger partial charge < -0.3 is 14.9 Å². The largest absolute Gasteiger partial charge is 0.417 e. The Kier molecular flexibility index (Phi) is 9.36. The molecule has 2 aliphatic rings. The fourth-order valence-corrected chi connectivity index (χ4v) is 5.45. The van der Waals surface area contributed by atoms with E-state index in [-0.39, 0.29) is 22.8 Å². The number of nitrogens with zero attached hydrogens (tertiary/aromatic N) is 4. The summed E-state index contributed by atoms with van der Waals surface area (Å²) in [5.41, 5.74) is -2.51. The van der Waals surface area contributed by atoms with E-state index in [0.717, 1.165) is 81.6 Å². The molecule has 0 aromatic heterocycles. The Morgan fingerprint density at radius 3 is 2.28 bits per heavy atom. The Morgan fingerprint density at radius 1 is 1.11 bits per heavy atom. The van der Waals surface area contributed by atoms with E-state index in [2.05, 4.69) is 4.90 Å². The normalized spacial score (nSPS) is 20.4. The molecule has 0 radical (unpaired) electrons. The van der Waals surface area contributed by atoms with Gasteiger partial charge in [0.05, 0.1) is 29.0 Å². The Morgan fingerprint density at radius 2 is 1.72 bits per heavy atom. The summed E-state index contributed by atoms with van der Waals surface area (Å²) >= 11 is 5.53. The van der Waals surface area contributed by atoms with Gasteiger partial charge in [-0.15, -0.1) is 0 Å². The van der Waals surface area contributed by atoms with E-state index in [1.54, 1.807) is 24.8 Å². The second kappa shape index (κ2) is 11.9. The van der Waals surface area contributed by atoms with Crippen molar-refractivity contribution in [3.8, 4) is 6.07 Å². The number of benzene rings is 1. The van der Waals surface area contributed by atoms with Crippen LogP contribution in [0.5, 0.6) is 0 Å². The van der Waals surface area contributed by atoms with Gasteiger partial charge in [0.1, 0.15) is 5.54 Å². The number of hydrogen-bond donors (Lipinski definition) is 1. The van der Waals surface area contributed by atoms with E-state index < -0.39 is 22.8 Å². The predicted molar refractivity (Wildman–Crippen MR) is 136 cm³/mol. The third kappa shape index (κ3) is 6.55. The second-order valence-electron chi connectivity index (χ2n) is 10.2. The van der Waals surface area contributed by atoms with Crippen molar-refractivity contribution in [1.29, 1.82) is 5.26 Å². The standard InChI is InChI=1S/C26H35F3N4O2S/c1-25(2)23(35)33(20-11-10-19(17-30)22(16-20)26(27,28)29)24(36)32(25)14-9-7-5-3-4-6-8-13-31-15-12-21(34)18-31/h10-11,16,21,34H,3-9,12-15,18H2,1-2H3/t21-/m1/s1. The highest BCUT2D eigenvalue weighted by Crippen LogP contribution is 2.38. The summed E-state index contributed by atoms with van der Waals surface area (Å²) < 4.78 is 40.3. The SMILES string of the molecule is CC1(C)C(=O)N(c2ccc(C#N)c(C(F)(F)F)c2)C(=S)N1CCCCCCCCCN1CC[C@@H](O)C1. The molecule has 0 bridgehead atoms. The molecule has 1 amide bonds. The summed E-state index contributed by atoms with van der Waals surface area (Å²) in [6.45, 7) is 6.85. The monoisotopic (exact) mass is 524 g/mol. The lowest BCUT2D eigenvalue weighted by Crippen LogP contribution is -2.44. The van der Waals surface area contributed by atoms with Crippen molar-refractivity contribution in [2.45, 2.75) is 83.0 Å². The molecule has 0 saturated carbocycles. The highest BCUT2D eigenvalue weighted by Gasteiger charge is 2.49. The lowest BCUT2D eigenvalue weighted by atomic mass is 10.0. The number of nitriles is 1. The Bertz CT molecular complexity index is 992. The highest BCUT2D eigenvalue weighted by atomic mass is 32.1. The van der Waals surface area contributed by atoms with E-state index in [0.29, 0.717) is 6.54 Å². The first-order chi connectivity index (χ1) is 17.0. The first kappa shape index (κ1) is 28.4. The zero-order chi connectivity index (χ0) is 26.5. The van der Waals surface area contributed by atoms with Gasteiger partial charge in [-0.1, -0.05) is 32.1 Å². The molecule has 3 rings (SSSR count). The number of amides is 1. The van der Waals surface area contributed by atoms with Crippen molar-refractivity contribution in [1.82, 2.24) is 9.80 Å². The number of carbonyl (C=O) groups is 1. The molecule has 0 unspecified atom stereocenters. The van der Waals surface area contributed by atoms with Crippen LogP contribution >= 0.6 is 12.2 Å². The van der Waals surface area contributed by atoms with Crippen molar-refractivity contribution in [3.63, 3.8) is 0 Å². The topological polar surface area (TPSA) is 70.8 Å². The van der Waals surface area contributed by atoms with Gasteiger partial charge in [0.25, 0.3) is 5.91 Å². The van der Waals surface area contributed by atoms with Gasteiger partial charge in [-0.05, 0) is 70.1 Å². The maximum atomic E-state index is 13.4. The number of hydrogen-bond acceptors (Lipinski definition) is 5. The number of β-amino-alcohol motifs (C(OH)–C–C–N with tert-alkyl or cyclic N) is 1. The van der Waals surface area contributed by atoms with Crippen molar-refractivity contribution in [2.75, 3.05) is 31.1 Å². The van der Waals surface area contributed by atoms with Gasteiger partial charge in [0.2, 0.25) is 0 Å². The van der Waals surface area contributed by atoms with Gasteiger partial charge in [-0.2, -0.15) is 18.4 Å². The van der Waals surface area contributed by atoms with Crippen LogP contribution in [0.3, 0.4) is 0 Å². The summed E-state index contributed by atoms with van der Waals surface area (Å²) in [6, 6.07) is 4.81. The molecule has 2 saturated heterocycles. The summed E-state index contributed by atoms with van der Waals surface area (Å²) in [6.07, 6.45) is 3.50. The number of alkyl halides is 3. The first-order valence-electron chi connectivity index (χ1n) is 12.6. The van der Waals surface area contributed by atoms with E-state index in [9.17, 15) is 23.1 Å². The predicted octanol–water partition coefficient (Wildman–Crippen LogP) is 5.09. The molecule has 1 N–H and O–H groups in total. The molecule has 0 aliphatic carbocycles. The van der Waals surface area contributed by atoms with Gasteiger partial charge in [0.15, 0.2) is 5.11 Å². The van der Waals surface area contributed by atoms with Crippen LogP contribution in [0.15, 0.2) is 18.2 Å². The zero-order valence-electron chi connectivity index (χ0n) is 21.0. The summed E-state index contributed by atoms with van der Waals surface area (Å²) in [5.74, 6) is -0.379. The molecule has 36 heavy (non-hydrogen) atoms. The van der Waals surface area contributed by atoms with Gasteiger partial charge in [-0.25, -0.2) is 0 Å². The van der Waals surface area contributed by atoms with E-state index in [1.165, 1.54) is 12.5 Å². The molecule has 2 aliphatic heterocycles. The molecule has 2 heterocycles. The van der Waals surface area contributed by atoms with Crippen molar-refractivity contribution in [2.24, 2.45) is 0 Å². The van der Waals surface area contributed by atoms with E-state index in [1.807, 2.05) is 0 Å². The van der Waals surface area contributed by atoms with Crippen LogP contribution in [-0.2, 0) is 11.0 Å². The number of thiocarbonyl (C=S) groups is 1. The molecular weight excluding hydrogens is 489 g/mol. The maximum Gasteiger partial charge on any atom is 0.417 e. The van der Waals surface area contributed by atoms with Crippen LogP contribution in [0.4, 0.5) is 18.9 Å². The van der Waals surface area contributed by atoms with Gasteiger partial charge in [0, 0.05) is 19.6 Å². The number of halogens is 3. The van der Waals surface area contributed by atoms with Gasteiger partial charge >= 0.3 is 6.18 Å². The number of likely N-dealkylation sites (tertiary alicyclic amines) is 1. The fourth-order valence-electron chi connectivity index (χ4n) is 4.95. The van der Waals surface area contributed by atoms with Crippen LogP contribution < -0.4 is 4.90 Å². The minimum atomic E-state index is -4.71. The molecule has 2 fully saturated rings. The minimum Gasteiger partial charge on any atom is -0.392 e. The molecule has 1 aromatic carbocycles. The van der Waals surface area contributed by atoms with Crippen LogP contribution in [0, 0.1) is 11.3 Å². The second-order valence-corrected chi connectivity index (χ2v) is 10.6. The molecule has 1 aromatic rings. The Hall–Kier alpha value is -2.22. The third-order valence-corrected chi connectivity index (χ3v) is 7.52. The van der Waals surface area contributed by atoms with Crippen LogP contribution in [0.2, 0.25) is 0 Å². The number of aliphatic hydroxyl groups excluding tert-OH is 1. The van der Waals surface area contributed by atoms with Crippen molar-refractivity contribution in [3.05, 3.63) is 29.3 Å². The summed E-state index contributed by atoms with van der Waals surface area (Å²) in [5, 5.41) is 18.8. The number of aliphatic hydroxyl groups is 1. The molecule has 10 heteroatoms. The number of rotatable bonds is 11.